The Kier molecular flexibility index (Phi) is 5.93. The molecule has 2 aromatic heterocycles. The third-order valence-electron chi connectivity index (χ3n) is 8.97. The first-order valence-electron chi connectivity index (χ1n) is 14.7. The van der Waals surface area contributed by atoms with Crippen LogP contribution in [0.3, 0.4) is 0 Å². The Balaban J connectivity index is 1.09. The normalized spacial score (nSPS) is 22.1. The number of carbonyl (C=O) groups excluding carboxylic acids is 3. The van der Waals surface area contributed by atoms with E-state index < -0.39 is 24.0 Å². The predicted molar refractivity (Wildman–Crippen MR) is 153 cm³/mol. The van der Waals surface area contributed by atoms with Crippen molar-refractivity contribution < 1.29 is 19.5 Å². The van der Waals surface area contributed by atoms with Crippen LogP contribution in [0.15, 0.2) is 54.6 Å². The number of nitrogens with one attached hydrogen (secondary N) is 2. The Morgan fingerprint density at radius 3 is 2.67 bits per heavy atom. The molecule has 12 heteroatoms. The number of benzene rings is 2. The molecule has 8 rings (SSSR count). The lowest BCUT2D eigenvalue weighted by Gasteiger charge is -2.32. The van der Waals surface area contributed by atoms with E-state index in [1.165, 1.54) is 6.07 Å². The number of aliphatic hydroxyl groups is 1. The molecule has 0 radical (unpaired) electrons. The van der Waals surface area contributed by atoms with Crippen LogP contribution in [0, 0.1) is 5.92 Å². The summed E-state index contributed by atoms with van der Waals surface area (Å²) in [6.07, 6.45) is 1.95. The molecule has 3 amide bonds. The van der Waals surface area contributed by atoms with Crippen molar-refractivity contribution in [3.05, 3.63) is 94.1 Å². The molecule has 3 N–H and O–H groups in total. The number of hydrogen-bond acceptors (Lipinski definition) is 7. The molecule has 1 saturated carbocycles. The monoisotopic (exact) mass is 578 g/mol. The molecule has 2 aliphatic heterocycles. The molecule has 0 spiro atoms. The molecule has 2 aliphatic carbocycles. The summed E-state index contributed by atoms with van der Waals surface area (Å²) in [4.78, 5) is 42.4. The van der Waals surface area contributed by atoms with Gasteiger partial charge < -0.3 is 20.6 Å². The van der Waals surface area contributed by atoms with Crippen molar-refractivity contribution >= 4 is 23.4 Å². The first-order chi connectivity index (χ1) is 20.9. The van der Waals surface area contributed by atoms with Gasteiger partial charge >= 0.3 is 0 Å². The molecule has 4 heterocycles. The minimum absolute atomic E-state index is 0.0946. The van der Waals surface area contributed by atoms with Gasteiger partial charge in [0.2, 0.25) is 5.91 Å². The van der Waals surface area contributed by atoms with E-state index in [1.807, 2.05) is 53.2 Å². The highest BCUT2D eigenvalue weighted by atomic mass is 16.3. The second kappa shape index (κ2) is 9.87. The number of nitrogens with zero attached hydrogens (tertiary/aromatic N) is 6. The number of anilines is 1. The molecular formula is C31H30N8O4. The van der Waals surface area contributed by atoms with Crippen LogP contribution in [0.4, 0.5) is 5.69 Å². The lowest BCUT2D eigenvalue weighted by molar-refractivity contribution is -0.124. The fraction of sp³-hybridized carbons (Fsp3) is 0.355. The van der Waals surface area contributed by atoms with Crippen molar-refractivity contribution in [2.24, 2.45) is 5.92 Å². The van der Waals surface area contributed by atoms with Crippen molar-refractivity contribution in [2.45, 2.75) is 57.0 Å². The van der Waals surface area contributed by atoms with Crippen molar-refractivity contribution in [3.63, 3.8) is 0 Å². The van der Waals surface area contributed by atoms with E-state index in [-0.39, 0.29) is 36.3 Å². The van der Waals surface area contributed by atoms with Crippen LogP contribution in [0.1, 0.15) is 73.9 Å². The Hall–Kier alpha value is -4.84. The van der Waals surface area contributed by atoms with Crippen molar-refractivity contribution in [2.75, 3.05) is 11.9 Å². The van der Waals surface area contributed by atoms with Crippen LogP contribution in [0.2, 0.25) is 0 Å². The third-order valence-corrected chi connectivity index (χ3v) is 8.97. The molecule has 43 heavy (non-hydrogen) atoms. The number of rotatable bonds is 5. The maximum absolute atomic E-state index is 14.0. The molecule has 3 atom stereocenters. The molecule has 218 valence electrons. The van der Waals surface area contributed by atoms with Gasteiger partial charge in [-0.05, 0) is 41.5 Å². The summed E-state index contributed by atoms with van der Waals surface area (Å²) in [5.74, 6) is -1.26. The van der Waals surface area contributed by atoms with Crippen LogP contribution < -0.4 is 10.6 Å². The summed E-state index contributed by atoms with van der Waals surface area (Å²) in [6.45, 7) is 1.29. The van der Waals surface area contributed by atoms with E-state index in [4.69, 9.17) is 0 Å². The molecule has 1 fully saturated rings. The van der Waals surface area contributed by atoms with Gasteiger partial charge in [-0.15, -0.1) is 5.10 Å². The highest BCUT2D eigenvalue weighted by molar-refractivity contribution is 6.06. The van der Waals surface area contributed by atoms with Crippen molar-refractivity contribution in [1.82, 2.24) is 35.0 Å². The van der Waals surface area contributed by atoms with E-state index in [0.29, 0.717) is 42.5 Å². The van der Waals surface area contributed by atoms with Gasteiger partial charge in [-0.3, -0.25) is 19.1 Å². The average molecular weight is 579 g/mol. The lowest BCUT2D eigenvalue weighted by Crippen LogP contribution is -2.46. The largest absolute Gasteiger partial charge is 0.390 e. The number of hydrogen-bond donors (Lipinski definition) is 3. The topological polar surface area (TPSA) is 147 Å². The second-order valence-electron chi connectivity index (χ2n) is 11.9. The molecule has 1 unspecified atom stereocenters. The van der Waals surface area contributed by atoms with Crippen LogP contribution in [0.5, 0.6) is 0 Å². The smallest absolute Gasteiger partial charge is 0.274 e. The molecule has 2 aromatic carbocycles. The highest BCUT2D eigenvalue weighted by Gasteiger charge is 2.41. The van der Waals surface area contributed by atoms with Crippen molar-refractivity contribution in [3.8, 4) is 0 Å². The van der Waals surface area contributed by atoms with Gasteiger partial charge in [0.1, 0.15) is 11.4 Å². The summed E-state index contributed by atoms with van der Waals surface area (Å²) in [7, 11) is 0. The first-order valence-corrected chi connectivity index (χ1v) is 14.7. The molecule has 0 bridgehead atoms. The van der Waals surface area contributed by atoms with Gasteiger partial charge in [-0.25, -0.2) is 4.68 Å². The summed E-state index contributed by atoms with van der Waals surface area (Å²) in [6, 6.07) is 16.2. The number of fused-ring (bicyclic) bond motifs is 4. The van der Waals surface area contributed by atoms with E-state index in [1.54, 1.807) is 9.58 Å². The zero-order valence-electron chi connectivity index (χ0n) is 23.3. The zero-order chi connectivity index (χ0) is 29.2. The summed E-state index contributed by atoms with van der Waals surface area (Å²) < 4.78 is 3.36. The highest BCUT2D eigenvalue weighted by Crippen LogP contribution is 2.36. The van der Waals surface area contributed by atoms with Gasteiger partial charge in [-0.2, -0.15) is 5.10 Å². The molecular weight excluding hydrogens is 548 g/mol. The Morgan fingerprint density at radius 2 is 1.84 bits per heavy atom. The Morgan fingerprint density at radius 1 is 1.05 bits per heavy atom. The van der Waals surface area contributed by atoms with Crippen LogP contribution in [-0.4, -0.2) is 65.2 Å². The van der Waals surface area contributed by atoms with Gasteiger partial charge in [0.15, 0.2) is 5.69 Å². The number of para-hydroxylation sites is 1. The molecule has 4 aromatic rings. The van der Waals surface area contributed by atoms with E-state index in [0.717, 1.165) is 29.5 Å². The Labute approximate surface area is 246 Å². The summed E-state index contributed by atoms with van der Waals surface area (Å²) in [5.41, 5.74) is 5.20. The van der Waals surface area contributed by atoms with Crippen molar-refractivity contribution in [1.29, 1.82) is 0 Å². The lowest BCUT2D eigenvalue weighted by atomic mass is 9.95. The number of aliphatic hydroxyl groups excluding tert-OH is 1. The minimum Gasteiger partial charge on any atom is -0.390 e. The summed E-state index contributed by atoms with van der Waals surface area (Å²) >= 11 is 0. The number of aromatic nitrogens is 5. The predicted octanol–water partition coefficient (Wildman–Crippen LogP) is 2.01. The number of amides is 3. The van der Waals surface area contributed by atoms with Crippen LogP contribution >= 0.6 is 0 Å². The second-order valence-corrected chi connectivity index (χ2v) is 11.9. The fourth-order valence-electron chi connectivity index (χ4n) is 6.56. The molecule has 12 nitrogen and oxygen atoms in total. The van der Waals surface area contributed by atoms with E-state index >= 15 is 0 Å². The molecule has 4 aliphatic rings. The fourth-order valence-corrected chi connectivity index (χ4v) is 6.56. The Bertz CT molecular complexity index is 1790. The van der Waals surface area contributed by atoms with E-state index in [9.17, 15) is 19.5 Å². The maximum Gasteiger partial charge on any atom is 0.274 e. The van der Waals surface area contributed by atoms with Gasteiger partial charge in [0.05, 0.1) is 36.8 Å². The van der Waals surface area contributed by atoms with Gasteiger partial charge in [-0.1, -0.05) is 47.7 Å². The summed E-state index contributed by atoms with van der Waals surface area (Å²) in [5, 5.41) is 30.1. The molecule has 0 saturated heterocycles. The zero-order valence-corrected chi connectivity index (χ0v) is 23.3. The number of carbonyl (C=O) groups is 3. The maximum atomic E-state index is 14.0. The average Bonchev–Trinajstić information content (AvgIpc) is 3.49. The van der Waals surface area contributed by atoms with Crippen LogP contribution in [0.25, 0.3) is 0 Å². The quantitative estimate of drug-likeness (QED) is 0.328. The van der Waals surface area contributed by atoms with Gasteiger partial charge in [0, 0.05) is 31.3 Å². The minimum atomic E-state index is -0.742. The first kappa shape index (κ1) is 25.8. The van der Waals surface area contributed by atoms with E-state index in [2.05, 4.69) is 26.0 Å². The standard InChI is InChI=1S/C31H30N8O4/c40-26-11-18-5-1-3-7-20(18)27(26)33-29(41)21-15-37(16-24-28(21)39(36-34-24)13-17-9-10-17)31(43)23-12-25-30(42)32-22-8-4-2-6-19(22)14-38(25)35-23/h1-8,12,17,21,26-27,40H,9-11,13-16H2,(H,32,42)(H,33,41)/t21?,26-,27+/m1/s1. The SMILES string of the molecule is O=C1Nc2ccccc2Cn2nc(C(=O)N3Cc4nnn(CC5CC5)c4C(C(=O)N[C@H]4c5ccccc5C[C@H]4O)C3)cc21. The van der Waals surface area contributed by atoms with Gasteiger partial charge in [0.25, 0.3) is 11.8 Å². The van der Waals surface area contributed by atoms with Crippen LogP contribution in [-0.2, 0) is 30.8 Å². The third kappa shape index (κ3) is 4.49.